The lowest BCUT2D eigenvalue weighted by molar-refractivity contribution is -0.122. The first-order chi connectivity index (χ1) is 13.4. The zero-order valence-corrected chi connectivity index (χ0v) is 15.6. The van der Waals surface area contributed by atoms with Gasteiger partial charge in [-0.05, 0) is 36.8 Å². The summed E-state index contributed by atoms with van der Waals surface area (Å²) in [6.45, 7) is 1.71. The van der Waals surface area contributed by atoms with Crippen molar-refractivity contribution in [2.45, 2.75) is 18.6 Å². The highest BCUT2D eigenvalue weighted by molar-refractivity contribution is 8.15. The van der Waals surface area contributed by atoms with Crippen molar-refractivity contribution in [3.8, 4) is 0 Å². The van der Waals surface area contributed by atoms with Gasteiger partial charge in [0.1, 0.15) is 16.9 Å². The fourth-order valence-corrected chi connectivity index (χ4v) is 3.31. The van der Waals surface area contributed by atoms with Gasteiger partial charge in [0.05, 0.1) is 11.4 Å². The third kappa shape index (κ3) is 5.01. The van der Waals surface area contributed by atoms with Gasteiger partial charge in [-0.1, -0.05) is 36.0 Å². The van der Waals surface area contributed by atoms with E-state index < -0.39 is 17.0 Å². The minimum Gasteiger partial charge on any atom is -0.324 e. The number of amides is 2. The lowest BCUT2D eigenvalue weighted by Crippen LogP contribution is -2.28. The predicted molar refractivity (Wildman–Crippen MR) is 105 cm³/mol. The highest BCUT2D eigenvalue weighted by Crippen LogP contribution is 2.23. The van der Waals surface area contributed by atoms with Gasteiger partial charge in [0.15, 0.2) is 5.17 Å². The number of nitrogens with one attached hydrogen (secondary N) is 2. The molecule has 1 heterocycles. The molecule has 2 aromatic carbocycles. The minimum absolute atomic E-state index is 0.0596. The van der Waals surface area contributed by atoms with Crippen molar-refractivity contribution in [3.63, 3.8) is 0 Å². The zero-order chi connectivity index (χ0) is 20.1. The Kier molecular flexibility index (Phi) is 6.15. The second-order valence-electron chi connectivity index (χ2n) is 5.93. The molecule has 0 saturated carbocycles. The number of benzene rings is 2. The largest absolute Gasteiger partial charge is 0.324 e. The minimum atomic E-state index is -0.688. The fourth-order valence-electron chi connectivity index (χ4n) is 2.39. The van der Waals surface area contributed by atoms with Crippen molar-refractivity contribution in [2.75, 3.05) is 5.32 Å². The Morgan fingerprint density at radius 1 is 1.18 bits per heavy atom. The smallest absolute Gasteiger partial charge is 0.240 e. The molecule has 0 radical (unpaired) electrons. The van der Waals surface area contributed by atoms with Crippen LogP contribution in [0.15, 0.2) is 58.7 Å². The number of hydrogen-bond donors (Lipinski definition) is 2. The fraction of sp³-hybridized carbons (Fsp3) is 0.158. The Morgan fingerprint density at radius 2 is 1.89 bits per heavy atom. The molecule has 1 aliphatic heterocycles. The van der Waals surface area contributed by atoms with E-state index in [1.165, 1.54) is 30.3 Å². The van der Waals surface area contributed by atoms with Gasteiger partial charge in [-0.3, -0.25) is 9.59 Å². The molecule has 0 bridgehead atoms. The van der Waals surface area contributed by atoms with Gasteiger partial charge in [0, 0.05) is 6.42 Å². The van der Waals surface area contributed by atoms with Crippen molar-refractivity contribution in [2.24, 2.45) is 10.2 Å². The molecule has 0 aromatic heterocycles. The zero-order valence-electron chi connectivity index (χ0n) is 14.8. The Hall–Kier alpha value is -3.07. The number of hydrogen-bond acceptors (Lipinski definition) is 5. The Balaban J connectivity index is 1.60. The second-order valence-corrected chi connectivity index (χ2v) is 7.12. The molecule has 144 valence electrons. The molecular weight excluding hydrogens is 386 g/mol. The molecule has 1 aliphatic rings. The molecular formula is C19H16F2N4O2S. The van der Waals surface area contributed by atoms with Gasteiger partial charge in [-0.25, -0.2) is 8.78 Å². The standard InChI is InChI=1S/C19H16F2N4O2S/c1-11(12-6-8-13(20)9-7-12)24-25-19-23-18(27)16(28-19)10-17(26)22-15-5-3-2-4-14(15)21/h2-9,16H,10H2,1H3,(H,22,26)(H,23,25,27)/b24-11+. The van der Waals surface area contributed by atoms with Crippen LogP contribution in [0.4, 0.5) is 14.5 Å². The first-order valence-corrected chi connectivity index (χ1v) is 9.20. The van der Waals surface area contributed by atoms with Crippen molar-refractivity contribution < 1.29 is 18.4 Å². The maximum atomic E-state index is 13.6. The molecule has 1 atom stereocenters. The monoisotopic (exact) mass is 402 g/mol. The number of halogens is 2. The molecule has 2 N–H and O–H groups in total. The number of amidine groups is 1. The highest BCUT2D eigenvalue weighted by Gasteiger charge is 2.32. The highest BCUT2D eigenvalue weighted by atomic mass is 32.2. The summed E-state index contributed by atoms with van der Waals surface area (Å²) in [5, 5.41) is 12.6. The molecule has 2 amide bonds. The maximum absolute atomic E-state index is 13.6. The predicted octanol–water partition coefficient (Wildman–Crippen LogP) is 3.31. The van der Waals surface area contributed by atoms with E-state index in [0.717, 1.165) is 11.8 Å². The van der Waals surface area contributed by atoms with Crippen LogP contribution in [0.2, 0.25) is 0 Å². The van der Waals surface area contributed by atoms with Crippen molar-refractivity contribution in [1.82, 2.24) is 5.32 Å². The van der Waals surface area contributed by atoms with Crippen molar-refractivity contribution in [3.05, 3.63) is 65.7 Å². The number of carbonyl (C=O) groups is 2. The van der Waals surface area contributed by atoms with E-state index in [-0.39, 0.29) is 29.0 Å². The quantitative estimate of drug-likeness (QED) is 0.595. The number of thioether (sulfide) groups is 1. The van der Waals surface area contributed by atoms with Crippen molar-refractivity contribution >= 4 is 40.1 Å². The summed E-state index contributed by atoms with van der Waals surface area (Å²) in [6, 6.07) is 11.6. The lowest BCUT2D eigenvalue weighted by atomic mass is 10.1. The average Bonchev–Trinajstić information content (AvgIpc) is 3.01. The summed E-state index contributed by atoms with van der Waals surface area (Å²) >= 11 is 1.07. The van der Waals surface area contributed by atoms with Crippen LogP contribution in [-0.2, 0) is 9.59 Å². The van der Waals surface area contributed by atoms with E-state index in [0.29, 0.717) is 11.3 Å². The van der Waals surface area contributed by atoms with Gasteiger partial charge in [0.25, 0.3) is 0 Å². The van der Waals surface area contributed by atoms with Crippen LogP contribution < -0.4 is 10.6 Å². The van der Waals surface area contributed by atoms with Crippen LogP contribution in [0.25, 0.3) is 0 Å². The summed E-state index contributed by atoms with van der Waals surface area (Å²) in [5.74, 6) is -1.75. The van der Waals surface area contributed by atoms with Crippen LogP contribution in [0.3, 0.4) is 0 Å². The Labute approximate surface area is 164 Å². The van der Waals surface area contributed by atoms with Crippen LogP contribution in [-0.4, -0.2) is 27.9 Å². The Morgan fingerprint density at radius 3 is 2.61 bits per heavy atom. The summed E-state index contributed by atoms with van der Waals surface area (Å²) < 4.78 is 26.5. The van der Waals surface area contributed by atoms with E-state index in [1.807, 2.05) is 0 Å². The van der Waals surface area contributed by atoms with Crippen LogP contribution in [0, 0.1) is 11.6 Å². The number of nitrogens with zero attached hydrogens (tertiary/aromatic N) is 2. The molecule has 0 spiro atoms. The number of carbonyl (C=O) groups excluding carboxylic acids is 2. The first kappa shape index (κ1) is 19.7. The number of rotatable bonds is 5. The summed E-state index contributed by atoms with van der Waals surface area (Å²) in [4.78, 5) is 24.1. The molecule has 0 aliphatic carbocycles. The summed E-state index contributed by atoms with van der Waals surface area (Å²) in [7, 11) is 0. The van der Waals surface area contributed by atoms with E-state index in [1.54, 1.807) is 25.1 Å². The van der Waals surface area contributed by atoms with Gasteiger partial charge in [-0.15, -0.1) is 5.10 Å². The van der Waals surface area contributed by atoms with E-state index in [4.69, 9.17) is 0 Å². The molecule has 3 rings (SSSR count). The van der Waals surface area contributed by atoms with Crippen LogP contribution in [0.1, 0.15) is 18.9 Å². The van der Waals surface area contributed by atoms with Gasteiger partial charge in [0.2, 0.25) is 11.8 Å². The molecule has 6 nitrogen and oxygen atoms in total. The van der Waals surface area contributed by atoms with E-state index in [2.05, 4.69) is 20.8 Å². The molecule has 28 heavy (non-hydrogen) atoms. The molecule has 1 unspecified atom stereocenters. The van der Waals surface area contributed by atoms with Crippen molar-refractivity contribution in [1.29, 1.82) is 0 Å². The maximum Gasteiger partial charge on any atom is 0.240 e. The third-order valence-corrected chi connectivity index (χ3v) is 4.92. The van der Waals surface area contributed by atoms with Crippen LogP contribution in [0.5, 0.6) is 0 Å². The van der Waals surface area contributed by atoms with Crippen LogP contribution >= 0.6 is 11.8 Å². The number of para-hydroxylation sites is 1. The first-order valence-electron chi connectivity index (χ1n) is 8.32. The number of anilines is 1. The SMILES string of the molecule is C/C(=N\N=C1\NC(=O)C(CC(=O)Nc2ccccc2F)S1)c1ccc(F)cc1. The van der Waals surface area contributed by atoms with Gasteiger partial charge < -0.3 is 10.6 Å². The van der Waals surface area contributed by atoms with Gasteiger partial charge in [-0.2, -0.15) is 5.10 Å². The Bertz CT molecular complexity index is 961. The average molecular weight is 402 g/mol. The lowest BCUT2D eigenvalue weighted by Gasteiger charge is -2.07. The normalized spacial score (nSPS) is 18.2. The second kappa shape index (κ2) is 8.75. The molecule has 9 heteroatoms. The molecule has 1 fully saturated rings. The molecule has 1 saturated heterocycles. The molecule has 2 aromatic rings. The topological polar surface area (TPSA) is 82.9 Å². The van der Waals surface area contributed by atoms with Gasteiger partial charge >= 0.3 is 0 Å². The third-order valence-electron chi connectivity index (χ3n) is 3.85. The summed E-state index contributed by atoms with van der Waals surface area (Å²) in [6.07, 6.45) is -0.134. The van der Waals surface area contributed by atoms with E-state index in [9.17, 15) is 18.4 Å². The summed E-state index contributed by atoms with van der Waals surface area (Å²) in [5.41, 5.74) is 1.30. The van der Waals surface area contributed by atoms with E-state index >= 15 is 0 Å².